The zero-order valence-corrected chi connectivity index (χ0v) is 17.9. The molecule has 0 spiro atoms. The minimum atomic E-state index is 0.220. The number of carbonyl (C=O) groups excluding carboxylic acids is 1. The predicted octanol–water partition coefficient (Wildman–Crippen LogP) is 3.96. The van der Waals surface area contributed by atoms with Gasteiger partial charge in [0.25, 0.3) is 0 Å². The number of benzene rings is 1. The highest BCUT2D eigenvalue weighted by atomic mass is 16.5. The van der Waals surface area contributed by atoms with Gasteiger partial charge >= 0.3 is 0 Å². The maximum atomic E-state index is 12.6. The molecule has 0 unspecified atom stereocenters. The normalized spacial score (nSPS) is 22.6. The molecule has 30 heavy (non-hydrogen) atoms. The van der Waals surface area contributed by atoms with E-state index in [0.717, 1.165) is 61.5 Å². The molecule has 1 aliphatic heterocycles. The molecule has 4 rings (SSSR count). The number of hydrogen-bond donors (Lipinski definition) is 2. The molecule has 1 saturated carbocycles. The van der Waals surface area contributed by atoms with E-state index < -0.39 is 0 Å². The smallest absolute Gasteiger partial charge is 0.220 e. The highest BCUT2D eigenvalue weighted by Crippen LogP contribution is 2.29. The Hall–Kier alpha value is -2.34. The summed E-state index contributed by atoms with van der Waals surface area (Å²) in [6.07, 6.45) is 8.53. The van der Waals surface area contributed by atoms with E-state index in [1.807, 2.05) is 30.3 Å². The van der Waals surface area contributed by atoms with E-state index in [0.29, 0.717) is 24.3 Å². The lowest BCUT2D eigenvalue weighted by molar-refractivity contribution is -0.123. The van der Waals surface area contributed by atoms with Crippen LogP contribution < -0.4 is 15.4 Å². The van der Waals surface area contributed by atoms with Crippen molar-refractivity contribution < 1.29 is 14.1 Å². The third-order valence-corrected chi connectivity index (χ3v) is 6.59. The Morgan fingerprint density at radius 2 is 1.97 bits per heavy atom. The van der Waals surface area contributed by atoms with Crippen LogP contribution in [-0.2, 0) is 11.2 Å². The third-order valence-electron chi connectivity index (χ3n) is 6.59. The minimum absolute atomic E-state index is 0.220. The molecule has 162 valence electrons. The Morgan fingerprint density at radius 3 is 2.73 bits per heavy atom. The summed E-state index contributed by atoms with van der Waals surface area (Å²) in [5.74, 6) is 2.59. The highest BCUT2D eigenvalue weighted by molar-refractivity contribution is 5.76. The van der Waals surface area contributed by atoms with Gasteiger partial charge in [0.1, 0.15) is 5.75 Å². The average Bonchev–Trinajstić information content (AvgIpc) is 3.24. The lowest BCUT2D eigenvalue weighted by atomic mass is 9.81. The summed E-state index contributed by atoms with van der Waals surface area (Å²) in [7, 11) is 1.66. The summed E-state index contributed by atoms with van der Waals surface area (Å²) in [5.41, 5.74) is 1.94. The lowest BCUT2D eigenvalue weighted by Crippen LogP contribution is -2.42. The molecule has 2 atom stereocenters. The molecule has 2 aliphatic rings. The molecular formula is C24H33N3O3. The largest absolute Gasteiger partial charge is 0.497 e. The summed E-state index contributed by atoms with van der Waals surface area (Å²) in [6, 6.07) is 10.2. The number of nitrogens with one attached hydrogen (secondary N) is 2. The quantitative estimate of drug-likeness (QED) is 0.721. The number of carbonyl (C=O) groups is 1. The van der Waals surface area contributed by atoms with E-state index >= 15 is 0 Å². The summed E-state index contributed by atoms with van der Waals surface area (Å²) in [6.45, 7) is 1.90. The van der Waals surface area contributed by atoms with Gasteiger partial charge < -0.3 is 19.9 Å². The van der Waals surface area contributed by atoms with Crippen LogP contribution in [0.2, 0.25) is 0 Å². The van der Waals surface area contributed by atoms with Crippen molar-refractivity contribution in [3.63, 3.8) is 0 Å². The van der Waals surface area contributed by atoms with E-state index in [-0.39, 0.29) is 5.91 Å². The van der Waals surface area contributed by atoms with Gasteiger partial charge in [0.15, 0.2) is 5.76 Å². The molecule has 2 heterocycles. The molecule has 1 amide bonds. The van der Waals surface area contributed by atoms with Crippen molar-refractivity contribution in [1.29, 1.82) is 0 Å². The van der Waals surface area contributed by atoms with Gasteiger partial charge in [-0.3, -0.25) is 4.79 Å². The predicted molar refractivity (Wildman–Crippen MR) is 116 cm³/mol. The lowest BCUT2D eigenvalue weighted by Gasteiger charge is -2.32. The molecule has 1 saturated heterocycles. The molecular weight excluding hydrogens is 378 g/mol. The van der Waals surface area contributed by atoms with Crippen LogP contribution in [0.15, 0.2) is 34.9 Å². The van der Waals surface area contributed by atoms with Gasteiger partial charge in [-0.2, -0.15) is 0 Å². The van der Waals surface area contributed by atoms with Crippen LogP contribution in [-0.4, -0.2) is 37.3 Å². The van der Waals surface area contributed by atoms with E-state index in [9.17, 15) is 4.79 Å². The Bertz CT molecular complexity index is 811. The van der Waals surface area contributed by atoms with E-state index in [2.05, 4.69) is 15.8 Å². The molecule has 2 fully saturated rings. The number of amides is 1. The zero-order valence-electron chi connectivity index (χ0n) is 17.9. The van der Waals surface area contributed by atoms with E-state index in [1.165, 1.54) is 19.3 Å². The molecule has 2 aromatic rings. The van der Waals surface area contributed by atoms with E-state index in [4.69, 9.17) is 9.26 Å². The Labute approximate surface area is 178 Å². The van der Waals surface area contributed by atoms with Crippen molar-refractivity contribution in [3.8, 4) is 17.1 Å². The second-order valence-corrected chi connectivity index (χ2v) is 8.73. The number of piperidine rings is 1. The summed E-state index contributed by atoms with van der Waals surface area (Å²) >= 11 is 0. The van der Waals surface area contributed by atoms with Crippen molar-refractivity contribution in [2.45, 2.75) is 57.4 Å². The second kappa shape index (κ2) is 10.1. The number of rotatable bonds is 7. The summed E-state index contributed by atoms with van der Waals surface area (Å²) in [4.78, 5) is 12.6. The van der Waals surface area contributed by atoms with Crippen molar-refractivity contribution in [1.82, 2.24) is 15.8 Å². The number of methoxy groups -OCH3 is 1. The third kappa shape index (κ3) is 5.42. The van der Waals surface area contributed by atoms with Gasteiger partial charge in [-0.05, 0) is 74.9 Å². The molecule has 1 aliphatic carbocycles. The molecule has 6 nitrogen and oxygen atoms in total. The van der Waals surface area contributed by atoms with Gasteiger partial charge in [0.2, 0.25) is 5.91 Å². The van der Waals surface area contributed by atoms with Gasteiger partial charge in [-0.15, -0.1) is 0 Å². The molecule has 6 heteroatoms. The number of nitrogens with zero attached hydrogens (tertiary/aromatic N) is 1. The zero-order chi connectivity index (χ0) is 20.8. The molecule has 0 bridgehead atoms. The summed E-state index contributed by atoms with van der Waals surface area (Å²) < 4.78 is 10.8. The van der Waals surface area contributed by atoms with Crippen LogP contribution in [0.1, 0.15) is 50.6 Å². The Morgan fingerprint density at radius 1 is 1.17 bits per heavy atom. The standard InChI is InChI=1S/C24H33N3O3/c1-29-22-9-7-17(8-10-22)23-15-21(27-30-23)13-19-16-25-12-11-18(19)14-24(28)26-20-5-3-2-4-6-20/h7-10,15,18-20,25H,2-6,11-14,16H2,1H3,(H,26,28)/t18-,19+/m0/s1. The van der Waals surface area contributed by atoms with Crippen LogP contribution in [0.5, 0.6) is 5.75 Å². The fraction of sp³-hybridized carbons (Fsp3) is 0.583. The molecule has 0 radical (unpaired) electrons. The second-order valence-electron chi connectivity index (χ2n) is 8.73. The first-order valence-corrected chi connectivity index (χ1v) is 11.3. The SMILES string of the molecule is COc1ccc(-c2cc(C[C@@H]3CNCC[C@H]3CC(=O)NC3CCCCC3)no2)cc1. The summed E-state index contributed by atoms with van der Waals surface area (Å²) in [5, 5.41) is 11.1. The van der Waals surface area contributed by atoms with Crippen molar-refractivity contribution in [2.75, 3.05) is 20.2 Å². The van der Waals surface area contributed by atoms with E-state index in [1.54, 1.807) is 7.11 Å². The maximum absolute atomic E-state index is 12.6. The van der Waals surface area contributed by atoms with Crippen LogP contribution >= 0.6 is 0 Å². The first-order valence-electron chi connectivity index (χ1n) is 11.3. The van der Waals surface area contributed by atoms with Crippen LogP contribution in [0.25, 0.3) is 11.3 Å². The van der Waals surface area contributed by atoms with Crippen LogP contribution in [0.4, 0.5) is 0 Å². The van der Waals surface area contributed by atoms with Gasteiger partial charge in [0.05, 0.1) is 12.8 Å². The topological polar surface area (TPSA) is 76.4 Å². The highest BCUT2D eigenvalue weighted by Gasteiger charge is 2.29. The van der Waals surface area contributed by atoms with Crippen LogP contribution in [0, 0.1) is 11.8 Å². The Kier molecular flexibility index (Phi) is 7.05. The molecule has 1 aromatic carbocycles. The number of aromatic nitrogens is 1. The maximum Gasteiger partial charge on any atom is 0.220 e. The monoisotopic (exact) mass is 411 g/mol. The van der Waals surface area contributed by atoms with Gasteiger partial charge in [-0.1, -0.05) is 24.4 Å². The first-order chi connectivity index (χ1) is 14.7. The van der Waals surface area contributed by atoms with Crippen molar-refractivity contribution in [3.05, 3.63) is 36.0 Å². The molecule has 1 aromatic heterocycles. The molecule has 2 N–H and O–H groups in total. The number of ether oxygens (including phenoxy) is 1. The average molecular weight is 412 g/mol. The Balaban J connectivity index is 1.35. The van der Waals surface area contributed by atoms with Crippen molar-refractivity contribution in [2.24, 2.45) is 11.8 Å². The minimum Gasteiger partial charge on any atom is -0.497 e. The van der Waals surface area contributed by atoms with Gasteiger partial charge in [-0.25, -0.2) is 0 Å². The fourth-order valence-electron chi connectivity index (χ4n) is 4.82. The van der Waals surface area contributed by atoms with Gasteiger partial charge in [0, 0.05) is 24.1 Å². The fourth-order valence-corrected chi connectivity index (χ4v) is 4.82. The van der Waals surface area contributed by atoms with Crippen molar-refractivity contribution >= 4 is 5.91 Å². The number of hydrogen-bond acceptors (Lipinski definition) is 5. The van der Waals surface area contributed by atoms with Crippen LogP contribution in [0.3, 0.4) is 0 Å². The first kappa shape index (κ1) is 20.9.